The van der Waals surface area contributed by atoms with Crippen LogP contribution in [0.1, 0.15) is 30.3 Å². The van der Waals surface area contributed by atoms with Crippen LogP contribution >= 0.6 is 0 Å². The highest BCUT2D eigenvalue weighted by atomic mass is 14.9. The van der Waals surface area contributed by atoms with E-state index in [1.165, 1.54) is 12.8 Å². The third-order valence-corrected chi connectivity index (χ3v) is 3.02. The Morgan fingerprint density at radius 1 is 1.12 bits per heavy atom. The van der Waals surface area contributed by atoms with Gasteiger partial charge in [-0.1, -0.05) is 30.3 Å². The van der Waals surface area contributed by atoms with Crippen LogP contribution in [0.25, 0.3) is 11.3 Å². The number of nitrogens with zero attached hydrogens (tertiary/aromatic N) is 2. The molecule has 3 rings (SSSR count). The average Bonchev–Trinajstić information content (AvgIpc) is 3.23. The lowest BCUT2D eigenvalue weighted by molar-refractivity contribution is 0.870. The summed E-state index contributed by atoms with van der Waals surface area (Å²) in [4.78, 5) is 9.15. The normalized spacial score (nSPS) is 14.9. The fourth-order valence-corrected chi connectivity index (χ4v) is 1.90. The first kappa shape index (κ1) is 10.4. The quantitative estimate of drug-likeness (QED) is 0.873. The van der Waals surface area contributed by atoms with Crippen molar-refractivity contribution in [3.63, 3.8) is 0 Å². The van der Waals surface area contributed by atoms with Gasteiger partial charge in [-0.15, -0.1) is 0 Å². The summed E-state index contributed by atoms with van der Waals surface area (Å²) in [5.74, 6) is 1.52. The van der Waals surface area contributed by atoms with E-state index in [9.17, 15) is 0 Å². The van der Waals surface area contributed by atoms with Crippen LogP contribution in [0.15, 0.2) is 36.4 Å². The minimum absolute atomic E-state index is 0.474. The van der Waals surface area contributed by atoms with Crippen LogP contribution < -0.4 is 5.73 Å². The van der Waals surface area contributed by atoms with Gasteiger partial charge in [-0.3, -0.25) is 0 Å². The smallest absolute Gasteiger partial charge is 0.132 e. The molecule has 17 heavy (non-hydrogen) atoms. The molecule has 1 fully saturated rings. The molecule has 1 aromatic heterocycles. The van der Waals surface area contributed by atoms with Crippen molar-refractivity contribution in [1.29, 1.82) is 0 Å². The Hall–Kier alpha value is -1.74. The Bertz CT molecular complexity index is 518. The molecular weight excluding hydrogens is 210 g/mol. The van der Waals surface area contributed by atoms with Gasteiger partial charge < -0.3 is 5.73 Å². The van der Waals surface area contributed by atoms with Gasteiger partial charge in [0.25, 0.3) is 0 Å². The second-order valence-electron chi connectivity index (χ2n) is 4.45. The maximum Gasteiger partial charge on any atom is 0.132 e. The average molecular weight is 225 g/mol. The van der Waals surface area contributed by atoms with Gasteiger partial charge in [-0.25, -0.2) is 9.97 Å². The van der Waals surface area contributed by atoms with E-state index in [0.717, 1.165) is 22.8 Å². The van der Waals surface area contributed by atoms with Crippen LogP contribution in [0.4, 0.5) is 0 Å². The Morgan fingerprint density at radius 3 is 2.53 bits per heavy atom. The van der Waals surface area contributed by atoms with Gasteiger partial charge in [0.2, 0.25) is 0 Å². The molecule has 1 aromatic carbocycles. The van der Waals surface area contributed by atoms with Gasteiger partial charge in [0.15, 0.2) is 0 Å². The molecule has 0 bridgehead atoms. The fraction of sp³-hybridized carbons (Fsp3) is 0.286. The molecule has 1 saturated carbocycles. The molecule has 0 aliphatic heterocycles. The Balaban J connectivity index is 2.06. The number of aromatic nitrogens is 2. The van der Waals surface area contributed by atoms with Crippen LogP contribution in [0, 0.1) is 0 Å². The van der Waals surface area contributed by atoms with E-state index in [-0.39, 0.29) is 0 Å². The Labute approximate surface area is 101 Å². The lowest BCUT2D eigenvalue weighted by Crippen LogP contribution is -2.04. The summed E-state index contributed by atoms with van der Waals surface area (Å²) in [6.45, 7) is 0.474. The summed E-state index contributed by atoms with van der Waals surface area (Å²) >= 11 is 0. The topological polar surface area (TPSA) is 51.8 Å². The van der Waals surface area contributed by atoms with Crippen molar-refractivity contribution in [1.82, 2.24) is 9.97 Å². The molecule has 0 spiro atoms. The monoisotopic (exact) mass is 225 g/mol. The SMILES string of the molecule is NCc1cc(-c2ccccc2)nc(C2CC2)n1. The van der Waals surface area contributed by atoms with Crippen molar-refractivity contribution in [2.24, 2.45) is 5.73 Å². The molecule has 2 N–H and O–H groups in total. The second kappa shape index (κ2) is 4.26. The van der Waals surface area contributed by atoms with Crippen LogP contribution in [0.3, 0.4) is 0 Å². The molecule has 3 heteroatoms. The molecule has 1 heterocycles. The zero-order chi connectivity index (χ0) is 11.7. The van der Waals surface area contributed by atoms with Crippen molar-refractivity contribution in [3.05, 3.63) is 47.9 Å². The van der Waals surface area contributed by atoms with Gasteiger partial charge in [0.05, 0.1) is 11.4 Å². The van der Waals surface area contributed by atoms with E-state index in [4.69, 9.17) is 5.73 Å². The predicted octanol–water partition coefficient (Wildman–Crippen LogP) is 2.48. The second-order valence-corrected chi connectivity index (χ2v) is 4.45. The first-order valence-corrected chi connectivity index (χ1v) is 6.00. The van der Waals surface area contributed by atoms with Crippen molar-refractivity contribution in [2.75, 3.05) is 0 Å². The molecule has 3 nitrogen and oxygen atoms in total. The van der Waals surface area contributed by atoms with Crippen LogP contribution in [0.5, 0.6) is 0 Å². The molecule has 0 radical (unpaired) electrons. The first-order valence-electron chi connectivity index (χ1n) is 6.00. The van der Waals surface area contributed by atoms with Gasteiger partial charge in [0, 0.05) is 18.0 Å². The summed E-state index contributed by atoms with van der Waals surface area (Å²) in [5, 5.41) is 0. The Kier molecular flexibility index (Phi) is 2.61. The van der Waals surface area contributed by atoms with E-state index >= 15 is 0 Å². The number of hydrogen-bond donors (Lipinski definition) is 1. The molecule has 2 aromatic rings. The third-order valence-electron chi connectivity index (χ3n) is 3.02. The van der Waals surface area contributed by atoms with Crippen LogP contribution in [0.2, 0.25) is 0 Å². The first-order chi connectivity index (χ1) is 8.36. The van der Waals surface area contributed by atoms with Crippen molar-refractivity contribution >= 4 is 0 Å². The van der Waals surface area contributed by atoms with Crippen LogP contribution in [-0.2, 0) is 6.54 Å². The molecule has 0 unspecified atom stereocenters. The fourth-order valence-electron chi connectivity index (χ4n) is 1.90. The largest absolute Gasteiger partial charge is 0.325 e. The molecule has 1 aliphatic rings. The zero-order valence-corrected chi connectivity index (χ0v) is 9.63. The lowest BCUT2D eigenvalue weighted by Gasteiger charge is -2.06. The van der Waals surface area contributed by atoms with Gasteiger partial charge >= 0.3 is 0 Å². The minimum atomic E-state index is 0.474. The number of nitrogens with two attached hydrogens (primary N) is 1. The highest BCUT2D eigenvalue weighted by molar-refractivity contribution is 5.59. The van der Waals surface area contributed by atoms with Gasteiger partial charge in [-0.05, 0) is 18.9 Å². The van der Waals surface area contributed by atoms with E-state index in [1.807, 2.05) is 24.3 Å². The van der Waals surface area contributed by atoms with Crippen molar-refractivity contribution in [3.8, 4) is 11.3 Å². The van der Waals surface area contributed by atoms with E-state index in [1.54, 1.807) is 0 Å². The minimum Gasteiger partial charge on any atom is -0.325 e. The Morgan fingerprint density at radius 2 is 1.88 bits per heavy atom. The van der Waals surface area contributed by atoms with Crippen molar-refractivity contribution in [2.45, 2.75) is 25.3 Å². The van der Waals surface area contributed by atoms with E-state index in [0.29, 0.717) is 12.5 Å². The van der Waals surface area contributed by atoms with E-state index in [2.05, 4.69) is 22.1 Å². The summed E-state index contributed by atoms with van der Waals surface area (Å²) in [5.41, 5.74) is 8.75. The maximum absolute atomic E-state index is 5.70. The number of rotatable bonds is 3. The van der Waals surface area contributed by atoms with Crippen LogP contribution in [-0.4, -0.2) is 9.97 Å². The maximum atomic E-state index is 5.70. The third kappa shape index (κ3) is 2.19. The lowest BCUT2D eigenvalue weighted by atomic mass is 10.1. The summed E-state index contributed by atoms with van der Waals surface area (Å²) < 4.78 is 0. The predicted molar refractivity (Wildman–Crippen MR) is 67.3 cm³/mol. The molecular formula is C14H15N3. The van der Waals surface area contributed by atoms with Crippen molar-refractivity contribution < 1.29 is 0 Å². The molecule has 0 amide bonds. The summed E-state index contributed by atoms with van der Waals surface area (Å²) in [6.07, 6.45) is 2.42. The van der Waals surface area contributed by atoms with E-state index < -0.39 is 0 Å². The zero-order valence-electron chi connectivity index (χ0n) is 9.63. The number of benzene rings is 1. The molecule has 0 atom stereocenters. The number of hydrogen-bond acceptors (Lipinski definition) is 3. The summed E-state index contributed by atoms with van der Waals surface area (Å²) in [6, 6.07) is 12.2. The molecule has 1 aliphatic carbocycles. The highest BCUT2D eigenvalue weighted by Crippen LogP contribution is 2.38. The standard InChI is InChI=1S/C14H15N3/c15-9-12-8-13(10-4-2-1-3-5-10)17-14(16-12)11-6-7-11/h1-5,8,11H,6-7,9,15H2. The highest BCUT2D eigenvalue weighted by Gasteiger charge is 2.27. The van der Waals surface area contributed by atoms with Gasteiger partial charge in [-0.2, -0.15) is 0 Å². The molecule has 86 valence electrons. The molecule has 0 saturated heterocycles. The van der Waals surface area contributed by atoms with Gasteiger partial charge in [0.1, 0.15) is 5.82 Å². The summed E-state index contributed by atoms with van der Waals surface area (Å²) in [7, 11) is 0.